The maximum atomic E-state index is 10.7. The minimum atomic E-state index is -0.292. The molecule has 1 heterocycles. The van der Waals surface area contributed by atoms with Crippen LogP contribution in [-0.4, -0.2) is 21.7 Å². The van der Waals surface area contributed by atoms with E-state index in [1.54, 1.807) is 4.68 Å². The topological polar surface area (TPSA) is 72.9 Å². The number of aryl methyl sites for hydroxylation is 1. The van der Waals surface area contributed by atoms with Gasteiger partial charge in [-0.15, -0.1) is 0 Å². The Hall–Kier alpha value is -1.52. The van der Waals surface area contributed by atoms with Gasteiger partial charge in [0.1, 0.15) is 5.82 Å². The van der Waals surface area contributed by atoms with Crippen LogP contribution in [0.1, 0.15) is 39.5 Å². The molecule has 1 aromatic rings. The van der Waals surface area contributed by atoms with Crippen molar-refractivity contribution in [2.45, 2.75) is 52.1 Å². The summed E-state index contributed by atoms with van der Waals surface area (Å²) in [6, 6.07) is 2.48. The highest BCUT2D eigenvalue weighted by Gasteiger charge is 2.24. The lowest BCUT2D eigenvalue weighted by molar-refractivity contribution is -0.118. The molecular formula is C14H24N4O. The lowest BCUT2D eigenvalue weighted by Gasteiger charge is -2.32. The molecule has 0 radical (unpaired) electrons. The average Bonchev–Trinajstić information content (AvgIpc) is 2.79. The third kappa shape index (κ3) is 3.98. The van der Waals surface area contributed by atoms with Crippen molar-refractivity contribution in [3.05, 3.63) is 12.3 Å². The number of carbonyl (C=O) groups is 1. The van der Waals surface area contributed by atoms with Crippen molar-refractivity contribution < 1.29 is 4.79 Å². The quantitative estimate of drug-likeness (QED) is 0.854. The smallest absolute Gasteiger partial charge is 0.219 e. The normalized spacial score (nSPS) is 27.2. The van der Waals surface area contributed by atoms with Crippen LogP contribution >= 0.6 is 0 Å². The van der Waals surface area contributed by atoms with E-state index >= 15 is 0 Å². The number of amides is 1. The molecular weight excluding hydrogens is 240 g/mol. The molecule has 19 heavy (non-hydrogen) atoms. The SMILES string of the molecule is CC1CCC(Nc2ccn(CCC(N)=O)n2)CC1C. The molecule has 0 aromatic carbocycles. The van der Waals surface area contributed by atoms with Gasteiger partial charge < -0.3 is 11.1 Å². The fourth-order valence-corrected chi connectivity index (χ4v) is 2.68. The molecule has 1 aliphatic carbocycles. The van der Waals surface area contributed by atoms with E-state index in [9.17, 15) is 4.79 Å². The number of hydrogen-bond acceptors (Lipinski definition) is 3. The van der Waals surface area contributed by atoms with E-state index in [0.29, 0.717) is 19.0 Å². The number of aromatic nitrogens is 2. The molecule has 0 bridgehead atoms. The van der Waals surface area contributed by atoms with Gasteiger partial charge in [0, 0.05) is 31.3 Å². The van der Waals surface area contributed by atoms with Crippen LogP contribution in [0.15, 0.2) is 12.3 Å². The average molecular weight is 264 g/mol. The number of hydrogen-bond donors (Lipinski definition) is 2. The zero-order valence-corrected chi connectivity index (χ0v) is 11.8. The second-order valence-electron chi connectivity index (χ2n) is 5.79. The molecule has 1 saturated carbocycles. The van der Waals surface area contributed by atoms with E-state index in [4.69, 9.17) is 5.73 Å². The summed E-state index contributed by atoms with van der Waals surface area (Å²) >= 11 is 0. The Labute approximate surface area is 114 Å². The number of rotatable bonds is 5. The zero-order chi connectivity index (χ0) is 13.8. The third-order valence-electron chi connectivity index (χ3n) is 4.18. The summed E-state index contributed by atoms with van der Waals surface area (Å²) in [6.07, 6.45) is 5.91. The first kappa shape index (κ1) is 13.9. The van der Waals surface area contributed by atoms with Crippen LogP contribution in [-0.2, 0) is 11.3 Å². The summed E-state index contributed by atoms with van der Waals surface area (Å²) in [5, 5.41) is 7.91. The van der Waals surface area contributed by atoms with Crippen molar-refractivity contribution >= 4 is 11.7 Å². The van der Waals surface area contributed by atoms with E-state index in [1.807, 2.05) is 12.3 Å². The highest BCUT2D eigenvalue weighted by molar-refractivity contribution is 5.73. The lowest BCUT2D eigenvalue weighted by atomic mass is 9.79. The van der Waals surface area contributed by atoms with Crippen LogP contribution in [0.4, 0.5) is 5.82 Å². The molecule has 5 nitrogen and oxygen atoms in total. The summed E-state index contributed by atoms with van der Waals surface area (Å²) < 4.78 is 1.77. The molecule has 1 amide bonds. The molecule has 0 saturated heterocycles. The van der Waals surface area contributed by atoms with Gasteiger partial charge in [-0.05, 0) is 31.1 Å². The van der Waals surface area contributed by atoms with Gasteiger partial charge in [0.2, 0.25) is 5.91 Å². The van der Waals surface area contributed by atoms with Crippen molar-refractivity contribution in [1.29, 1.82) is 0 Å². The number of anilines is 1. The zero-order valence-electron chi connectivity index (χ0n) is 11.8. The molecule has 3 N–H and O–H groups in total. The lowest BCUT2D eigenvalue weighted by Crippen LogP contribution is -2.30. The van der Waals surface area contributed by atoms with Gasteiger partial charge in [0.15, 0.2) is 0 Å². The molecule has 3 unspecified atom stereocenters. The third-order valence-corrected chi connectivity index (χ3v) is 4.18. The summed E-state index contributed by atoms with van der Waals surface area (Å²) in [7, 11) is 0. The Morgan fingerprint density at radius 3 is 2.95 bits per heavy atom. The van der Waals surface area contributed by atoms with E-state index in [-0.39, 0.29) is 5.91 Å². The van der Waals surface area contributed by atoms with E-state index in [0.717, 1.165) is 17.7 Å². The number of nitrogens with zero attached hydrogens (tertiary/aromatic N) is 2. The van der Waals surface area contributed by atoms with Gasteiger partial charge in [0.25, 0.3) is 0 Å². The Morgan fingerprint density at radius 1 is 1.47 bits per heavy atom. The van der Waals surface area contributed by atoms with Gasteiger partial charge in [-0.1, -0.05) is 13.8 Å². The van der Waals surface area contributed by atoms with Gasteiger partial charge in [-0.2, -0.15) is 5.10 Å². The second kappa shape index (κ2) is 6.08. The van der Waals surface area contributed by atoms with Crippen LogP contribution < -0.4 is 11.1 Å². The Morgan fingerprint density at radius 2 is 2.26 bits per heavy atom. The van der Waals surface area contributed by atoms with Gasteiger partial charge in [-0.25, -0.2) is 0 Å². The molecule has 0 aliphatic heterocycles. The standard InChI is InChI=1S/C14H24N4O/c1-10-3-4-12(9-11(10)2)16-14-6-8-18(17-14)7-5-13(15)19/h6,8,10-12H,3-5,7,9H2,1-2H3,(H2,15,19)(H,16,17). The molecule has 2 rings (SSSR count). The predicted molar refractivity (Wildman–Crippen MR) is 75.6 cm³/mol. The van der Waals surface area contributed by atoms with Crippen LogP contribution in [0.2, 0.25) is 0 Å². The number of carbonyl (C=O) groups excluding carboxylic acids is 1. The predicted octanol–water partition coefficient (Wildman–Crippen LogP) is 2.00. The summed E-state index contributed by atoms with van der Waals surface area (Å²) in [4.78, 5) is 10.7. The van der Waals surface area contributed by atoms with Crippen LogP contribution in [0.25, 0.3) is 0 Å². The minimum Gasteiger partial charge on any atom is -0.370 e. The summed E-state index contributed by atoms with van der Waals surface area (Å²) in [5.41, 5.74) is 5.13. The molecule has 106 valence electrons. The number of primary amides is 1. The minimum absolute atomic E-state index is 0.292. The van der Waals surface area contributed by atoms with Gasteiger partial charge in [-0.3, -0.25) is 9.48 Å². The molecule has 1 aliphatic rings. The number of nitrogens with two attached hydrogens (primary N) is 1. The molecule has 0 spiro atoms. The fourth-order valence-electron chi connectivity index (χ4n) is 2.68. The van der Waals surface area contributed by atoms with Crippen molar-refractivity contribution in [2.75, 3.05) is 5.32 Å². The van der Waals surface area contributed by atoms with Crippen molar-refractivity contribution in [3.8, 4) is 0 Å². The monoisotopic (exact) mass is 264 g/mol. The van der Waals surface area contributed by atoms with Gasteiger partial charge >= 0.3 is 0 Å². The molecule has 5 heteroatoms. The highest BCUT2D eigenvalue weighted by atomic mass is 16.1. The Kier molecular flexibility index (Phi) is 4.45. The maximum absolute atomic E-state index is 10.7. The summed E-state index contributed by atoms with van der Waals surface area (Å²) in [6.45, 7) is 5.21. The van der Waals surface area contributed by atoms with Crippen molar-refractivity contribution in [1.82, 2.24) is 9.78 Å². The summed E-state index contributed by atoms with van der Waals surface area (Å²) in [5.74, 6) is 2.20. The largest absolute Gasteiger partial charge is 0.370 e. The Bertz CT molecular complexity index is 429. The molecule has 1 aromatic heterocycles. The first-order valence-corrected chi connectivity index (χ1v) is 7.13. The van der Waals surface area contributed by atoms with E-state index in [2.05, 4.69) is 24.3 Å². The van der Waals surface area contributed by atoms with Crippen molar-refractivity contribution in [2.24, 2.45) is 17.6 Å². The van der Waals surface area contributed by atoms with Crippen LogP contribution in [0.5, 0.6) is 0 Å². The first-order valence-electron chi connectivity index (χ1n) is 7.13. The molecule has 3 atom stereocenters. The first-order chi connectivity index (χ1) is 9.04. The van der Waals surface area contributed by atoms with E-state index < -0.39 is 0 Å². The van der Waals surface area contributed by atoms with Crippen molar-refractivity contribution in [3.63, 3.8) is 0 Å². The highest BCUT2D eigenvalue weighted by Crippen LogP contribution is 2.30. The van der Waals surface area contributed by atoms with E-state index in [1.165, 1.54) is 19.3 Å². The van der Waals surface area contributed by atoms with Crippen LogP contribution in [0.3, 0.4) is 0 Å². The second-order valence-corrected chi connectivity index (χ2v) is 5.79. The molecule has 1 fully saturated rings. The fraction of sp³-hybridized carbons (Fsp3) is 0.714. The van der Waals surface area contributed by atoms with Gasteiger partial charge in [0.05, 0.1) is 0 Å². The number of nitrogens with one attached hydrogen (secondary N) is 1. The van der Waals surface area contributed by atoms with Crippen LogP contribution in [0, 0.1) is 11.8 Å². The Balaban J connectivity index is 1.84. The maximum Gasteiger partial charge on any atom is 0.219 e.